The summed E-state index contributed by atoms with van der Waals surface area (Å²) in [6, 6.07) is 16.6. The molecule has 6 aromatic rings. The van der Waals surface area contributed by atoms with Crippen LogP contribution in [0, 0.1) is 11.9 Å². The van der Waals surface area contributed by atoms with Crippen molar-refractivity contribution < 1.29 is 17.9 Å². The molecule has 4 aromatic heterocycles. The lowest BCUT2D eigenvalue weighted by Crippen LogP contribution is -2.25. The number of halogens is 1. The molecule has 4 bridgehead atoms. The van der Waals surface area contributed by atoms with Gasteiger partial charge in [0.1, 0.15) is 5.65 Å². The van der Waals surface area contributed by atoms with Crippen molar-refractivity contribution in [2.45, 2.75) is 49.6 Å². The maximum Gasteiger partial charge on any atom is 0.329 e. The third-order valence-electron chi connectivity index (χ3n) is 9.19. The minimum absolute atomic E-state index is 0.00930. The second-order valence-corrected chi connectivity index (χ2v) is 13.1. The highest BCUT2D eigenvalue weighted by Crippen LogP contribution is 2.44. The van der Waals surface area contributed by atoms with Crippen LogP contribution in [0.25, 0.3) is 44.5 Å². The number of nitrogens with one attached hydrogen (secondary N) is 1. The van der Waals surface area contributed by atoms with Gasteiger partial charge in [-0.3, -0.25) is 18.0 Å². The Bertz CT molecular complexity index is 2130. The Hall–Kier alpha value is -4.39. The topological polar surface area (TPSA) is 123 Å². The Labute approximate surface area is 267 Å². The molecule has 1 fully saturated rings. The number of aromatic nitrogens is 6. The number of fused-ring (bicyclic) bond motifs is 5. The first-order valence-electron chi connectivity index (χ1n) is 15.4. The van der Waals surface area contributed by atoms with E-state index in [1.165, 1.54) is 10.2 Å². The zero-order valence-electron chi connectivity index (χ0n) is 25.8. The lowest BCUT2D eigenvalue weighted by atomic mass is 9.97. The maximum absolute atomic E-state index is 15.0. The van der Waals surface area contributed by atoms with Crippen LogP contribution in [-0.4, -0.2) is 50.4 Å². The Morgan fingerprint density at radius 3 is 2.52 bits per heavy atom. The van der Waals surface area contributed by atoms with Crippen molar-refractivity contribution in [2.75, 3.05) is 6.61 Å². The van der Waals surface area contributed by atoms with E-state index in [2.05, 4.69) is 41.3 Å². The number of hydrogen-bond donors (Lipinski definition) is 1. The van der Waals surface area contributed by atoms with E-state index in [9.17, 15) is 13.6 Å². The molecule has 1 N–H and O–H groups in total. The predicted molar refractivity (Wildman–Crippen MR) is 174 cm³/mol. The van der Waals surface area contributed by atoms with E-state index < -0.39 is 17.0 Å². The monoisotopic (exact) mass is 641 g/mol. The van der Waals surface area contributed by atoms with Crippen molar-refractivity contribution in [1.82, 2.24) is 28.9 Å². The summed E-state index contributed by atoms with van der Waals surface area (Å²) >= 11 is -2.08. The molecule has 1 saturated carbocycles. The number of aromatic amines is 1. The second kappa shape index (κ2) is 12.1. The van der Waals surface area contributed by atoms with Gasteiger partial charge in [0.2, 0.25) is 5.95 Å². The van der Waals surface area contributed by atoms with Gasteiger partial charge < -0.3 is 14.3 Å². The van der Waals surface area contributed by atoms with Gasteiger partial charge in [-0.05, 0) is 65.9 Å². The van der Waals surface area contributed by atoms with Crippen LogP contribution < -0.4 is 5.69 Å². The van der Waals surface area contributed by atoms with E-state index in [0.717, 1.165) is 53.2 Å². The van der Waals surface area contributed by atoms with Crippen molar-refractivity contribution in [3.63, 3.8) is 0 Å². The Balaban J connectivity index is 0.000000326. The van der Waals surface area contributed by atoms with Gasteiger partial charge >= 0.3 is 5.69 Å². The van der Waals surface area contributed by atoms with Gasteiger partial charge in [-0.15, -0.1) is 5.10 Å². The van der Waals surface area contributed by atoms with Gasteiger partial charge in [0.15, 0.2) is 0 Å². The molecule has 238 valence electrons. The summed E-state index contributed by atoms with van der Waals surface area (Å²) in [5.41, 5.74) is 6.13. The summed E-state index contributed by atoms with van der Waals surface area (Å²) in [7, 11) is 3.50. The Morgan fingerprint density at radius 1 is 1.09 bits per heavy atom. The summed E-state index contributed by atoms with van der Waals surface area (Å²) in [4.78, 5) is 22.1. The summed E-state index contributed by atoms with van der Waals surface area (Å²) in [6.07, 6.45) is 7.05. The first kappa shape index (κ1) is 30.3. The SMILES string of the molecule is CC1C[C@H]2C[C@H]1OCCCc1ccc(cc1)-c1c(-c3cn(C)nc3F)[nH]c3ncc4c(c13)n2c(=O)n4C.O=S([O-])c1ccccc1. The average molecular weight is 642 g/mol. The van der Waals surface area contributed by atoms with E-state index in [1.54, 1.807) is 61.4 Å². The maximum atomic E-state index is 15.0. The van der Waals surface area contributed by atoms with E-state index >= 15 is 4.39 Å². The van der Waals surface area contributed by atoms with Gasteiger partial charge in [-0.1, -0.05) is 49.4 Å². The van der Waals surface area contributed by atoms with Crippen LogP contribution in [0.2, 0.25) is 0 Å². The number of ether oxygens (including phenoxy) is 1. The van der Waals surface area contributed by atoms with Crippen molar-refractivity contribution in [3.8, 4) is 22.4 Å². The number of pyridine rings is 1. The minimum atomic E-state index is -2.08. The lowest BCUT2D eigenvalue weighted by Gasteiger charge is -2.16. The molecular weight excluding hydrogens is 607 g/mol. The van der Waals surface area contributed by atoms with Crippen molar-refractivity contribution in [3.05, 3.63) is 89.0 Å². The van der Waals surface area contributed by atoms with Crippen molar-refractivity contribution in [1.29, 1.82) is 0 Å². The highest BCUT2D eigenvalue weighted by Gasteiger charge is 2.36. The van der Waals surface area contributed by atoms with Gasteiger partial charge in [0.25, 0.3) is 0 Å². The average Bonchev–Trinajstić information content (AvgIpc) is 3.78. The second-order valence-electron chi connectivity index (χ2n) is 12.2. The molecule has 1 aliphatic carbocycles. The fourth-order valence-corrected chi connectivity index (χ4v) is 7.32. The van der Waals surface area contributed by atoms with Crippen LogP contribution in [-0.2, 0) is 36.3 Å². The van der Waals surface area contributed by atoms with Crippen molar-refractivity contribution >= 4 is 33.1 Å². The van der Waals surface area contributed by atoms with E-state index in [4.69, 9.17) is 9.72 Å². The molecule has 9 rings (SSSR count). The number of H-pyrrole nitrogens is 1. The minimum Gasteiger partial charge on any atom is -0.768 e. The van der Waals surface area contributed by atoms with E-state index in [1.807, 2.05) is 4.57 Å². The molecule has 0 radical (unpaired) electrons. The molecule has 6 heterocycles. The third-order valence-corrected chi connectivity index (χ3v) is 9.85. The summed E-state index contributed by atoms with van der Waals surface area (Å²) in [5.74, 6) is -0.203. The Kier molecular flexibility index (Phi) is 7.95. The molecule has 2 aliphatic heterocycles. The normalized spacial score (nSPS) is 20.1. The first-order chi connectivity index (χ1) is 22.2. The summed E-state index contributed by atoms with van der Waals surface area (Å²) in [6.45, 7) is 2.91. The van der Waals surface area contributed by atoms with Gasteiger partial charge in [0.05, 0.1) is 40.0 Å². The van der Waals surface area contributed by atoms with Crippen LogP contribution >= 0.6 is 0 Å². The molecule has 46 heavy (non-hydrogen) atoms. The van der Waals surface area contributed by atoms with Crippen LogP contribution in [0.5, 0.6) is 0 Å². The highest BCUT2D eigenvalue weighted by molar-refractivity contribution is 7.79. The quantitative estimate of drug-likeness (QED) is 0.244. The van der Waals surface area contributed by atoms with Crippen LogP contribution in [0.3, 0.4) is 0 Å². The number of benzene rings is 2. The van der Waals surface area contributed by atoms with Gasteiger partial charge in [-0.25, -0.2) is 9.78 Å². The molecule has 4 atom stereocenters. The molecule has 12 heteroatoms. The van der Waals surface area contributed by atoms with Crippen molar-refractivity contribution in [2.24, 2.45) is 20.0 Å². The fourth-order valence-electron chi connectivity index (χ4n) is 6.94. The number of rotatable bonds is 2. The zero-order valence-corrected chi connectivity index (χ0v) is 26.6. The fraction of sp³-hybridized carbons (Fsp3) is 0.324. The number of hydrogen-bond acceptors (Lipinski definition) is 6. The predicted octanol–water partition coefficient (Wildman–Crippen LogP) is 5.65. The first-order valence-corrected chi connectivity index (χ1v) is 16.4. The number of nitrogens with zero attached hydrogens (tertiary/aromatic N) is 5. The number of imidazole rings is 1. The number of aryl methyl sites for hydroxylation is 3. The largest absolute Gasteiger partial charge is 0.768 e. The lowest BCUT2D eigenvalue weighted by molar-refractivity contribution is 0.0301. The molecule has 2 unspecified atom stereocenters. The van der Waals surface area contributed by atoms with Crippen LogP contribution in [0.1, 0.15) is 37.8 Å². The Morgan fingerprint density at radius 2 is 1.85 bits per heavy atom. The highest BCUT2D eigenvalue weighted by atomic mass is 32.2. The van der Waals surface area contributed by atoms with Crippen LogP contribution in [0.15, 0.2) is 76.7 Å². The molecule has 0 saturated heterocycles. The summed E-state index contributed by atoms with van der Waals surface area (Å²) < 4.78 is 46.9. The van der Waals surface area contributed by atoms with E-state index in [0.29, 0.717) is 34.3 Å². The third kappa shape index (κ3) is 5.29. The molecule has 3 aliphatic rings. The van der Waals surface area contributed by atoms with Gasteiger partial charge in [-0.2, -0.15) is 4.39 Å². The standard InChI is InChI=1S/C28H29FN6O2.C6H6O2S/c1-15-11-18-12-21(15)37-10-4-5-16-6-8-17(9-7-16)22-23-25-20(34(3)28(36)35(18)25)13-30-27(23)31-24(22)19-14-33(2)32-26(19)29;7-9(8)6-4-2-1-3-5-6/h6-9,13-15,18,21H,4-5,10-12H2,1-3H3,(H,30,31);1-5H,(H,7,8)/p-1/t15?,18-,21+;/m0./s1. The molecule has 2 aromatic carbocycles. The molecule has 0 spiro atoms. The molecule has 0 amide bonds. The molecule has 10 nitrogen and oxygen atoms in total. The smallest absolute Gasteiger partial charge is 0.329 e. The van der Waals surface area contributed by atoms with Crippen LogP contribution in [0.4, 0.5) is 4.39 Å². The molecular formula is C34H34FN6O4S-. The van der Waals surface area contributed by atoms with E-state index in [-0.39, 0.29) is 17.8 Å². The summed E-state index contributed by atoms with van der Waals surface area (Å²) in [5, 5.41) is 4.78. The van der Waals surface area contributed by atoms with Gasteiger partial charge in [0, 0.05) is 43.4 Å². The zero-order chi connectivity index (χ0) is 32.1.